The molecule has 22 heavy (non-hydrogen) atoms. The maximum absolute atomic E-state index is 12.4. The molecule has 0 radical (unpaired) electrons. The van der Waals surface area contributed by atoms with E-state index in [1.165, 1.54) is 5.56 Å². The Balaban J connectivity index is 2.13. The molecule has 0 aliphatic carbocycles. The molecule has 2 N–H and O–H groups in total. The molecular weight excluding hydrogens is 278 g/mol. The topological polar surface area (TPSA) is 72.4 Å². The molecule has 1 aromatic carbocycles. The molecule has 1 amide bonds. The van der Waals surface area contributed by atoms with Crippen molar-refractivity contribution in [3.05, 3.63) is 41.7 Å². The molecule has 0 atom stereocenters. The Bertz CT molecular complexity index is 644. The molecule has 0 spiro atoms. The summed E-state index contributed by atoms with van der Waals surface area (Å²) in [5.74, 6) is 0.0540. The fourth-order valence-corrected chi connectivity index (χ4v) is 2.20. The minimum Gasteiger partial charge on any atom is -0.350 e. The van der Waals surface area contributed by atoms with Crippen molar-refractivity contribution in [2.24, 2.45) is 11.1 Å². The molecule has 0 aliphatic rings. The second-order valence-electron chi connectivity index (χ2n) is 6.47. The van der Waals surface area contributed by atoms with Gasteiger partial charge < -0.3 is 15.2 Å². The van der Waals surface area contributed by atoms with Crippen LogP contribution < -0.4 is 5.73 Å². The van der Waals surface area contributed by atoms with Gasteiger partial charge in [-0.1, -0.05) is 48.8 Å². The van der Waals surface area contributed by atoms with Gasteiger partial charge in [0.25, 0.3) is 5.91 Å². The molecule has 0 aliphatic heterocycles. The van der Waals surface area contributed by atoms with Gasteiger partial charge >= 0.3 is 0 Å². The third kappa shape index (κ3) is 3.74. The lowest BCUT2D eigenvalue weighted by Crippen LogP contribution is -2.39. The van der Waals surface area contributed by atoms with Crippen LogP contribution in [0.5, 0.6) is 0 Å². The van der Waals surface area contributed by atoms with Crippen molar-refractivity contribution in [2.75, 3.05) is 20.1 Å². The van der Waals surface area contributed by atoms with Crippen LogP contribution in [0.1, 0.15) is 30.0 Å². The molecule has 0 saturated heterocycles. The van der Waals surface area contributed by atoms with Gasteiger partial charge in [-0.2, -0.15) is 0 Å². The number of nitrogens with two attached hydrogens (primary N) is 1. The first-order valence-electron chi connectivity index (χ1n) is 7.32. The maximum atomic E-state index is 12.4. The number of hydrogen-bond donors (Lipinski definition) is 1. The van der Waals surface area contributed by atoms with E-state index in [4.69, 9.17) is 10.3 Å². The number of rotatable bonds is 5. The quantitative estimate of drug-likeness (QED) is 0.921. The zero-order chi connectivity index (χ0) is 16.3. The summed E-state index contributed by atoms with van der Waals surface area (Å²) in [6.07, 6.45) is 0. The van der Waals surface area contributed by atoms with E-state index >= 15 is 0 Å². The summed E-state index contributed by atoms with van der Waals surface area (Å²) in [7, 11) is 1.74. The van der Waals surface area contributed by atoms with E-state index in [9.17, 15) is 4.79 Å². The molecule has 2 rings (SSSR count). The number of amides is 1. The summed E-state index contributed by atoms with van der Waals surface area (Å²) in [5.41, 5.74) is 8.34. The lowest BCUT2D eigenvalue weighted by molar-refractivity contribution is 0.0699. The Morgan fingerprint density at radius 2 is 1.95 bits per heavy atom. The summed E-state index contributed by atoms with van der Waals surface area (Å²) in [6.45, 7) is 7.14. The lowest BCUT2D eigenvalue weighted by atomic mass is 9.93. The zero-order valence-corrected chi connectivity index (χ0v) is 13.6. The van der Waals surface area contributed by atoms with Crippen molar-refractivity contribution in [1.29, 1.82) is 0 Å². The summed E-state index contributed by atoms with van der Waals surface area (Å²) in [5, 5.41) is 3.99. The molecular formula is C17H23N3O2. The number of benzene rings is 1. The SMILES string of the molecule is Cc1ccc(-c2cc(C(=O)N(C)CC(C)(C)CN)on2)cc1. The van der Waals surface area contributed by atoms with Crippen molar-refractivity contribution in [1.82, 2.24) is 10.1 Å². The number of hydrogen-bond acceptors (Lipinski definition) is 4. The molecule has 0 bridgehead atoms. The smallest absolute Gasteiger partial charge is 0.292 e. The first kappa shape index (κ1) is 16.2. The van der Waals surface area contributed by atoms with Gasteiger partial charge in [0.05, 0.1) is 0 Å². The Labute approximate surface area is 131 Å². The van der Waals surface area contributed by atoms with Crippen LogP contribution in [0.15, 0.2) is 34.9 Å². The van der Waals surface area contributed by atoms with Crippen LogP contribution in [0.4, 0.5) is 0 Å². The molecule has 1 aromatic heterocycles. The zero-order valence-electron chi connectivity index (χ0n) is 13.6. The highest BCUT2D eigenvalue weighted by Crippen LogP contribution is 2.21. The van der Waals surface area contributed by atoms with E-state index in [2.05, 4.69) is 5.16 Å². The van der Waals surface area contributed by atoms with Gasteiger partial charge in [-0.05, 0) is 18.9 Å². The summed E-state index contributed by atoms with van der Waals surface area (Å²) >= 11 is 0. The molecule has 2 aromatic rings. The van der Waals surface area contributed by atoms with Gasteiger partial charge in [-0.15, -0.1) is 0 Å². The van der Waals surface area contributed by atoms with Crippen LogP contribution in [0.3, 0.4) is 0 Å². The average molecular weight is 301 g/mol. The molecule has 5 nitrogen and oxygen atoms in total. The number of nitrogens with zero attached hydrogens (tertiary/aromatic N) is 2. The third-order valence-electron chi connectivity index (χ3n) is 3.63. The van der Waals surface area contributed by atoms with Crippen molar-refractivity contribution in [3.8, 4) is 11.3 Å². The van der Waals surface area contributed by atoms with Crippen molar-refractivity contribution in [3.63, 3.8) is 0 Å². The number of carbonyl (C=O) groups is 1. The van der Waals surface area contributed by atoms with E-state index < -0.39 is 0 Å². The molecule has 118 valence electrons. The Morgan fingerprint density at radius 1 is 1.32 bits per heavy atom. The molecule has 0 saturated carbocycles. The molecule has 5 heteroatoms. The second-order valence-corrected chi connectivity index (χ2v) is 6.47. The predicted octanol–water partition coefficient (Wildman–Crippen LogP) is 2.71. The number of carbonyl (C=O) groups excluding carboxylic acids is 1. The highest BCUT2D eigenvalue weighted by Gasteiger charge is 2.24. The number of aromatic nitrogens is 1. The summed E-state index contributed by atoms with van der Waals surface area (Å²) < 4.78 is 5.21. The van der Waals surface area contributed by atoms with E-state index in [0.717, 1.165) is 5.56 Å². The average Bonchev–Trinajstić information content (AvgIpc) is 2.96. The van der Waals surface area contributed by atoms with Crippen LogP contribution in [0, 0.1) is 12.3 Å². The summed E-state index contributed by atoms with van der Waals surface area (Å²) in [6, 6.07) is 9.60. The van der Waals surface area contributed by atoms with E-state index in [1.54, 1.807) is 18.0 Å². The largest absolute Gasteiger partial charge is 0.350 e. The van der Waals surface area contributed by atoms with Crippen LogP contribution in [0.25, 0.3) is 11.3 Å². The first-order chi connectivity index (χ1) is 10.3. The molecule has 0 fully saturated rings. The Morgan fingerprint density at radius 3 is 2.55 bits per heavy atom. The fraction of sp³-hybridized carbons (Fsp3) is 0.412. The minimum absolute atomic E-state index is 0.135. The van der Waals surface area contributed by atoms with E-state index in [1.807, 2.05) is 45.0 Å². The van der Waals surface area contributed by atoms with Gasteiger partial charge in [-0.25, -0.2) is 0 Å². The highest BCUT2D eigenvalue weighted by molar-refractivity contribution is 5.92. The maximum Gasteiger partial charge on any atom is 0.292 e. The second kappa shape index (κ2) is 6.32. The van der Waals surface area contributed by atoms with Crippen LogP contribution in [0.2, 0.25) is 0 Å². The van der Waals surface area contributed by atoms with Crippen molar-refractivity contribution >= 4 is 5.91 Å². The van der Waals surface area contributed by atoms with Crippen molar-refractivity contribution < 1.29 is 9.32 Å². The van der Waals surface area contributed by atoms with E-state index in [-0.39, 0.29) is 17.1 Å². The summed E-state index contributed by atoms with van der Waals surface area (Å²) in [4.78, 5) is 14.0. The molecule has 0 unspecified atom stereocenters. The lowest BCUT2D eigenvalue weighted by Gasteiger charge is -2.28. The van der Waals surface area contributed by atoms with Gasteiger partial charge in [0, 0.05) is 25.2 Å². The standard InChI is InChI=1S/C17H23N3O2/c1-12-5-7-13(8-6-12)14-9-15(22-19-14)16(21)20(4)11-17(2,3)10-18/h5-9H,10-11,18H2,1-4H3. The van der Waals surface area contributed by atoms with E-state index in [0.29, 0.717) is 18.8 Å². The van der Waals surface area contributed by atoms with Crippen LogP contribution >= 0.6 is 0 Å². The fourth-order valence-electron chi connectivity index (χ4n) is 2.20. The van der Waals surface area contributed by atoms with Crippen LogP contribution in [-0.2, 0) is 0 Å². The monoisotopic (exact) mass is 301 g/mol. The highest BCUT2D eigenvalue weighted by atomic mass is 16.5. The van der Waals surface area contributed by atoms with Gasteiger partial charge in [0.15, 0.2) is 0 Å². The first-order valence-corrected chi connectivity index (χ1v) is 7.32. The normalized spacial score (nSPS) is 11.5. The number of aryl methyl sites for hydroxylation is 1. The van der Waals surface area contributed by atoms with Crippen molar-refractivity contribution in [2.45, 2.75) is 20.8 Å². The van der Waals surface area contributed by atoms with Gasteiger partial charge in [0.2, 0.25) is 5.76 Å². The molecule has 1 heterocycles. The third-order valence-corrected chi connectivity index (χ3v) is 3.63. The predicted molar refractivity (Wildman–Crippen MR) is 86.5 cm³/mol. The Hall–Kier alpha value is -2.14. The van der Waals surface area contributed by atoms with Crippen LogP contribution in [-0.4, -0.2) is 36.1 Å². The minimum atomic E-state index is -0.188. The van der Waals surface area contributed by atoms with Gasteiger partial charge in [0.1, 0.15) is 5.69 Å². The van der Waals surface area contributed by atoms with Gasteiger partial charge in [-0.3, -0.25) is 4.79 Å². The Kier molecular flexibility index (Phi) is 4.66.